The van der Waals surface area contributed by atoms with E-state index >= 15 is 0 Å². The van der Waals surface area contributed by atoms with Crippen molar-refractivity contribution in [2.45, 2.75) is 18.7 Å². The molecule has 3 rings (SSSR count). The van der Waals surface area contributed by atoms with Crippen molar-refractivity contribution >= 4 is 17.5 Å². The number of hydrogen-bond donors (Lipinski definition) is 0. The molecule has 0 saturated carbocycles. The molecule has 0 aliphatic carbocycles. The van der Waals surface area contributed by atoms with E-state index < -0.39 is 0 Å². The fraction of sp³-hybridized carbons (Fsp3) is 0.118. The number of nitrogens with zero attached hydrogens (tertiary/aromatic N) is 1. The van der Waals surface area contributed by atoms with Gasteiger partial charge in [-0.15, -0.1) is 0 Å². The quantitative estimate of drug-likeness (QED) is 0.715. The molecule has 2 heteroatoms. The van der Waals surface area contributed by atoms with Crippen LogP contribution in [0.5, 0.6) is 0 Å². The third kappa shape index (κ3) is 2.36. The SMILES string of the molecule is CC1=C(C)Sc2ccccc2C(c2ccccc2)=N1. The molecule has 0 unspecified atom stereocenters. The van der Waals surface area contributed by atoms with Gasteiger partial charge in [0.2, 0.25) is 0 Å². The number of benzene rings is 2. The molecule has 0 aromatic heterocycles. The maximum atomic E-state index is 4.84. The third-order valence-corrected chi connectivity index (χ3v) is 4.42. The van der Waals surface area contributed by atoms with Gasteiger partial charge in [0, 0.05) is 26.6 Å². The van der Waals surface area contributed by atoms with E-state index in [1.165, 1.54) is 20.9 Å². The topological polar surface area (TPSA) is 12.4 Å². The second-order valence-corrected chi connectivity index (χ2v) is 5.82. The summed E-state index contributed by atoms with van der Waals surface area (Å²) in [6.07, 6.45) is 0. The van der Waals surface area contributed by atoms with Crippen LogP contribution in [-0.2, 0) is 0 Å². The Kier molecular flexibility index (Phi) is 3.26. The lowest BCUT2D eigenvalue weighted by Crippen LogP contribution is -2.04. The second-order valence-electron chi connectivity index (χ2n) is 4.57. The fourth-order valence-corrected chi connectivity index (χ4v) is 3.06. The van der Waals surface area contributed by atoms with Crippen molar-refractivity contribution in [2.24, 2.45) is 4.99 Å². The molecular weight excluding hydrogens is 250 g/mol. The zero-order valence-corrected chi connectivity index (χ0v) is 11.9. The van der Waals surface area contributed by atoms with Gasteiger partial charge in [-0.2, -0.15) is 0 Å². The summed E-state index contributed by atoms with van der Waals surface area (Å²) in [6.45, 7) is 4.21. The molecule has 0 bridgehead atoms. The van der Waals surface area contributed by atoms with Crippen LogP contribution in [0.3, 0.4) is 0 Å². The summed E-state index contributed by atoms with van der Waals surface area (Å²) in [5.74, 6) is 0. The molecule has 1 heterocycles. The summed E-state index contributed by atoms with van der Waals surface area (Å²) < 4.78 is 0. The summed E-state index contributed by atoms with van der Waals surface area (Å²) in [5.41, 5.74) is 4.55. The Hall–Kier alpha value is -1.80. The number of thioether (sulfide) groups is 1. The molecule has 0 radical (unpaired) electrons. The first-order chi connectivity index (χ1) is 9.25. The molecule has 0 atom stereocenters. The number of allylic oxidation sites excluding steroid dienone is 2. The highest BCUT2D eigenvalue weighted by molar-refractivity contribution is 8.03. The van der Waals surface area contributed by atoms with Crippen LogP contribution < -0.4 is 0 Å². The highest BCUT2D eigenvalue weighted by Gasteiger charge is 2.16. The second kappa shape index (κ2) is 5.06. The molecule has 1 aliphatic heterocycles. The molecule has 0 spiro atoms. The lowest BCUT2D eigenvalue weighted by Gasteiger charge is -2.09. The van der Waals surface area contributed by atoms with Crippen molar-refractivity contribution in [1.29, 1.82) is 0 Å². The van der Waals surface area contributed by atoms with Gasteiger partial charge in [-0.25, -0.2) is 0 Å². The Morgan fingerprint density at radius 1 is 0.842 bits per heavy atom. The highest BCUT2D eigenvalue weighted by Crippen LogP contribution is 2.35. The van der Waals surface area contributed by atoms with Crippen LogP contribution in [-0.4, -0.2) is 5.71 Å². The van der Waals surface area contributed by atoms with Crippen molar-refractivity contribution in [3.8, 4) is 0 Å². The van der Waals surface area contributed by atoms with Crippen LogP contribution in [0.4, 0.5) is 0 Å². The zero-order chi connectivity index (χ0) is 13.2. The van der Waals surface area contributed by atoms with E-state index in [1.54, 1.807) is 11.8 Å². The van der Waals surface area contributed by atoms with E-state index in [4.69, 9.17) is 4.99 Å². The van der Waals surface area contributed by atoms with Crippen LogP contribution in [0, 0.1) is 0 Å². The molecule has 0 fully saturated rings. The first-order valence-electron chi connectivity index (χ1n) is 6.34. The average Bonchev–Trinajstić information content (AvgIpc) is 2.58. The summed E-state index contributed by atoms with van der Waals surface area (Å²) in [5, 5.41) is 0. The lowest BCUT2D eigenvalue weighted by atomic mass is 10.0. The van der Waals surface area contributed by atoms with E-state index in [2.05, 4.69) is 62.4 Å². The molecule has 0 N–H and O–H groups in total. The van der Waals surface area contributed by atoms with Gasteiger partial charge in [-0.1, -0.05) is 60.3 Å². The summed E-state index contributed by atoms with van der Waals surface area (Å²) in [6, 6.07) is 18.9. The van der Waals surface area contributed by atoms with E-state index in [9.17, 15) is 0 Å². The Morgan fingerprint density at radius 2 is 1.53 bits per heavy atom. The van der Waals surface area contributed by atoms with Crippen LogP contribution in [0.15, 0.2) is 75.1 Å². The Morgan fingerprint density at radius 3 is 2.32 bits per heavy atom. The van der Waals surface area contributed by atoms with E-state index in [1.807, 2.05) is 6.07 Å². The smallest absolute Gasteiger partial charge is 0.0789 e. The first-order valence-corrected chi connectivity index (χ1v) is 7.16. The first kappa shape index (κ1) is 12.2. The summed E-state index contributed by atoms with van der Waals surface area (Å²) in [7, 11) is 0. The number of aliphatic imine (C=N–C) groups is 1. The molecule has 1 nitrogen and oxygen atoms in total. The Balaban J connectivity index is 2.24. The predicted octanol–water partition coefficient (Wildman–Crippen LogP) is 4.88. The summed E-state index contributed by atoms with van der Waals surface area (Å²) >= 11 is 1.80. The minimum absolute atomic E-state index is 1.07. The monoisotopic (exact) mass is 265 g/mol. The van der Waals surface area contributed by atoms with Crippen LogP contribution in [0.25, 0.3) is 0 Å². The van der Waals surface area contributed by atoms with Gasteiger partial charge >= 0.3 is 0 Å². The average molecular weight is 265 g/mol. The zero-order valence-electron chi connectivity index (χ0n) is 11.1. The largest absolute Gasteiger partial charge is 0.252 e. The number of fused-ring (bicyclic) bond motifs is 1. The van der Waals surface area contributed by atoms with Gasteiger partial charge in [0.25, 0.3) is 0 Å². The minimum Gasteiger partial charge on any atom is -0.252 e. The van der Waals surface area contributed by atoms with E-state index in [0.29, 0.717) is 0 Å². The van der Waals surface area contributed by atoms with Crippen LogP contribution in [0.2, 0.25) is 0 Å². The molecule has 2 aromatic rings. The minimum atomic E-state index is 1.07. The van der Waals surface area contributed by atoms with Gasteiger partial charge in [0.05, 0.1) is 5.71 Å². The maximum absolute atomic E-state index is 4.84. The molecule has 1 aliphatic rings. The van der Waals surface area contributed by atoms with E-state index in [-0.39, 0.29) is 0 Å². The van der Waals surface area contributed by atoms with Crippen molar-refractivity contribution in [2.75, 3.05) is 0 Å². The Labute approximate surface area is 118 Å². The molecular formula is C17H15NS. The lowest BCUT2D eigenvalue weighted by molar-refractivity contribution is 1.27. The van der Waals surface area contributed by atoms with Crippen LogP contribution in [0.1, 0.15) is 25.0 Å². The molecule has 0 amide bonds. The molecule has 0 saturated heterocycles. The normalized spacial score (nSPS) is 14.7. The van der Waals surface area contributed by atoms with Crippen molar-refractivity contribution in [3.63, 3.8) is 0 Å². The van der Waals surface area contributed by atoms with Gasteiger partial charge in [0.15, 0.2) is 0 Å². The van der Waals surface area contributed by atoms with Gasteiger partial charge in [-0.05, 0) is 19.9 Å². The fourth-order valence-electron chi connectivity index (χ4n) is 2.11. The van der Waals surface area contributed by atoms with Gasteiger partial charge in [-0.3, -0.25) is 4.99 Å². The standard InChI is InChI=1S/C17H15NS/c1-12-13(2)19-16-11-7-6-10-15(16)17(18-12)14-8-4-3-5-9-14/h3-11H,1-2H3. The van der Waals surface area contributed by atoms with Gasteiger partial charge in [0.1, 0.15) is 0 Å². The van der Waals surface area contributed by atoms with Crippen LogP contribution >= 0.6 is 11.8 Å². The molecule has 94 valence electrons. The number of hydrogen-bond acceptors (Lipinski definition) is 2. The number of rotatable bonds is 1. The third-order valence-electron chi connectivity index (χ3n) is 3.24. The molecule has 19 heavy (non-hydrogen) atoms. The van der Waals surface area contributed by atoms with Crippen molar-refractivity contribution in [3.05, 3.63) is 76.3 Å². The highest BCUT2D eigenvalue weighted by atomic mass is 32.2. The van der Waals surface area contributed by atoms with Crippen molar-refractivity contribution < 1.29 is 0 Å². The van der Waals surface area contributed by atoms with Crippen molar-refractivity contribution in [1.82, 2.24) is 0 Å². The van der Waals surface area contributed by atoms with Gasteiger partial charge < -0.3 is 0 Å². The predicted molar refractivity (Wildman–Crippen MR) is 82.8 cm³/mol. The van der Waals surface area contributed by atoms with E-state index in [0.717, 1.165) is 11.4 Å². The summed E-state index contributed by atoms with van der Waals surface area (Å²) in [4.78, 5) is 7.38. The maximum Gasteiger partial charge on any atom is 0.0789 e. The Bertz CT molecular complexity index is 669. The molecule has 2 aromatic carbocycles.